The summed E-state index contributed by atoms with van der Waals surface area (Å²) in [7, 11) is 0. The molecule has 0 aromatic rings. The maximum absolute atomic E-state index is 12.6. The van der Waals surface area contributed by atoms with E-state index in [1.54, 1.807) is 0 Å². The fourth-order valence-corrected chi connectivity index (χ4v) is 4.95. The Hall–Kier alpha value is -1.12. The molecular weight excluding hydrogens is 252 g/mol. The van der Waals surface area contributed by atoms with Crippen molar-refractivity contribution in [2.75, 3.05) is 0 Å². The molecule has 0 aliphatic heterocycles. The molecule has 0 aromatic carbocycles. The van der Waals surface area contributed by atoms with Crippen molar-refractivity contribution in [2.45, 2.75) is 59.3 Å². The van der Waals surface area contributed by atoms with Crippen LogP contribution in [0.25, 0.3) is 0 Å². The summed E-state index contributed by atoms with van der Waals surface area (Å²) in [5.41, 5.74) is 0.191. The molecule has 3 unspecified atom stereocenters. The highest BCUT2D eigenvalue weighted by Crippen LogP contribution is 2.64. The minimum atomic E-state index is -0.372. The molecule has 0 spiro atoms. The first-order valence-corrected chi connectivity index (χ1v) is 7.67. The van der Waals surface area contributed by atoms with E-state index in [-0.39, 0.29) is 16.7 Å². The number of rotatable bonds is 4. The fraction of sp³-hybridized carbons (Fsp3) is 0.765. The third-order valence-electron chi connectivity index (χ3n) is 6.39. The summed E-state index contributed by atoms with van der Waals surface area (Å²) in [4.78, 5) is 23.4. The molecule has 2 rings (SSSR count). The number of ketones is 1. The van der Waals surface area contributed by atoms with Crippen LogP contribution in [0.4, 0.5) is 0 Å². The molecule has 0 heterocycles. The van der Waals surface area contributed by atoms with Gasteiger partial charge in [-0.3, -0.25) is 4.79 Å². The van der Waals surface area contributed by atoms with E-state index in [9.17, 15) is 14.7 Å². The van der Waals surface area contributed by atoms with Crippen LogP contribution in [0.5, 0.6) is 0 Å². The zero-order valence-corrected chi connectivity index (χ0v) is 12.8. The van der Waals surface area contributed by atoms with Crippen LogP contribution in [-0.2, 0) is 9.59 Å². The normalized spacial score (nSPS) is 41.5. The Kier molecular flexibility index (Phi) is 4.08. The average molecular weight is 277 g/mol. The Bertz CT molecular complexity index is 440. The monoisotopic (exact) mass is 277 g/mol. The van der Waals surface area contributed by atoms with E-state index in [0.29, 0.717) is 31.0 Å². The number of hydrogen-bond acceptors (Lipinski definition) is 3. The Morgan fingerprint density at radius 3 is 2.65 bits per heavy atom. The topological polar surface area (TPSA) is 57.2 Å². The largest absolute Gasteiger partial charge is 0.878 e. The Balaban J connectivity index is 2.47. The first kappa shape index (κ1) is 15.3. The molecule has 0 bridgehead atoms. The summed E-state index contributed by atoms with van der Waals surface area (Å²) in [5, 5.41) is 11.3. The van der Waals surface area contributed by atoms with E-state index in [1.807, 2.05) is 6.92 Å². The molecule has 112 valence electrons. The summed E-state index contributed by atoms with van der Waals surface area (Å²) in [6.07, 6.45) is 6.66. The molecule has 2 saturated carbocycles. The second-order valence-electron chi connectivity index (χ2n) is 6.98. The summed E-state index contributed by atoms with van der Waals surface area (Å²) in [6.45, 7) is 6.09. The molecule has 0 N–H and O–H groups in total. The van der Waals surface area contributed by atoms with Crippen molar-refractivity contribution in [1.29, 1.82) is 0 Å². The van der Waals surface area contributed by atoms with Crippen LogP contribution in [0.15, 0.2) is 11.8 Å². The molecular formula is C17H25O3-. The molecule has 3 nitrogen and oxygen atoms in total. The Labute approximate surface area is 121 Å². The van der Waals surface area contributed by atoms with Crippen LogP contribution in [0, 0.1) is 22.7 Å². The van der Waals surface area contributed by atoms with Crippen LogP contribution in [0.3, 0.4) is 0 Å². The van der Waals surface area contributed by atoms with Gasteiger partial charge in [0.15, 0.2) is 0 Å². The molecule has 0 amide bonds. The van der Waals surface area contributed by atoms with Crippen LogP contribution in [0.2, 0.25) is 0 Å². The molecule has 0 saturated heterocycles. The predicted molar refractivity (Wildman–Crippen MR) is 75.7 cm³/mol. The lowest BCUT2D eigenvalue weighted by Gasteiger charge is -2.56. The maximum atomic E-state index is 12.6. The van der Waals surface area contributed by atoms with Gasteiger partial charge in [0.25, 0.3) is 0 Å². The van der Waals surface area contributed by atoms with Crippen LogP contribution in [0.1, 0.15) is 59.3 Å². The number of fused-ring (bicyclic) bond motifs is 1. The van der Waals surface area contributed by atoms with Gasteiger partial charge in [0.05, 0.1) is 0 Å². The van der Waals surface area contributed by atoms with Gasteiger partial charge in [-0.2, -0.15) is 0 Å². The SMILES string of the molecule is C/C(=C\[O-])C1CCC2CCC(=O)C2(C)[C@@]1(C)CCC=O. The maximum Gasteiger partial charge on any atom is 0.139 e. The number of allylic oxidation sites excluding steroid dienone is 1. The summed E-state index contributed by atoms with van der Waals surface area (Å²) in [6, 6.07) is 0. The van der Waals surface area contributed by atoms with Gasteiger partial charge in [0.2, 0.25) is 0 Å². The standard InChI is InChI=1S/C17H26O3/c1-12(11-19)14-7-5-13-6-8-15(20)17(13,3)16(14,2)9-4-10-18/h10-11,13-14,19H,4-9H2,1-3H3/p-1/b12-11+/t13?,14?,16-,17?/m0/s1. The number of Topliss-reactive ketones (excluding diaryl/α,β-unsaturated/α-hetero) is 1. The fourth-order valence-electron chi connectivity index (χ4n) is 4.95. The van der Waals surface area contributed by atoms with Crippen molar-refractivity contribution >= 4 is 12.1 Å². The van der Waals surface area contributed by atoms with Crippen molar-refractivity contribution in [1.82, 2.24) is 0 Å². The number of carbonyl (C=O) groups excluding carboxylic acids is 2. The lowest BCUT2D eigenvalue weighted by Crippen LogP contribution is -2.53. The van der Waals surface area contributed by atoms with E-state index in [2.05, 4.69) is 13.8 Å². The highest BCUT2D eigenvalue weighted by Gasteiger charge is 2.61. The predicted octanol–water partition coefficient (Wildman–Crippen LogP) is 2.63. The molecule has 2 aliphatic rings. The van der Waals surface area contributed by atoms with Crippen molar-refractivity contribution in [3.63, 3.8) is 0 Å². The minimum absolute atomic E-state index is 0.128. The molecule has 2 fully saturated rings. The lowest BCUT2D eigenvalue weighted by molar-refractivity contribution is -0.277. The molecule has 3 heteroatoms. The van der Waals surface area contributed by atoms with Gasteiger partial charge in [-0.15, -0.1) is 6.26 Å². The first-order chi connectivity index (χ1) is 9.41. The lowest BCUT2D eigenvalue weighted by atomic mass is 9.47. The number of carbonyl (C=O) groups is 2. The minimum Gasteiger partial charge on any atom is -0.878 e. The molecule has 4 atom stereocenters. The summed E-state index contributed by atoms with van der Waals surface area (Å²) < 4.78 is 0. The smallest absolute Gasteiger partial charge is 0.139 e. The van der Waals surface area contributed by atoms with Crippen LogP contribution in [-0.4, -0.2) is 12.1 Å². The Morgan fingerprint density at radius 2 is 2.05 bits per heavy atom. The highest BCUT2D eigenvalue weighted by atomic mass is 16.2. The van der Waals surface area contributed by atoms with Gasteiger partial charge in [-0.1, -0.05) is 19.4 Å². The quantitative estimate of drug-likeness (QED) is 0.586. The van der Waals surface area contributed by atoms with Crippen molar-refractivity contribution in [2.24, 2.45) is 22.7 Å². The average Bonchev–Trinajstić information content (AvgIpc) is 2.74. The van der Waals surface area contributed by atoms with E-state index in [0.717, 1.165) is 37.4 Å². The van der Waals surface area contributed by atoms with Gasteiger partial charge >= 0.3 is 0 Å². The van der Waals surface area contributed by atoms with Crippen molar-refractivity contribution < 1.29 is 14.7 Å². The third kappa shape index (κ3) is 1.94. The molecule has 0 aromatic heterocycles. The second-order valence-corrected chi connectivity index (χ2v) is 6.98. The zero-order chi connectivity index (χ0) is 15.0. The van der Waals surface area contributed by atoms with Crippen molar-refractivity contribution in [3.8, 4) is 0 Å². The van der Waals surface area contributed by atoms with E-state index < -0.39 is 0 Å². The number of aldehydes is 1. The molecule has 0 radical (unpaired) electrons. The van der Waals surface area contributed by atoms with E-state index in [1.165, 1.54) is 0 Å². The van der Waals surface area contributed by atoms with E-state index in [4.69, 9.17) is 0 Å². The third-order valence-corrected chi connectivity index (χ3v) is 6.39. The Morgan fingerprint density at radius 1 is 1.35 bits per heavy atom. The zero-order valence-electron chi connectivity index (χ0n) is 12.8. The molecule has 2 aliphatic carbocycles. The summed E-state index contributed by atoms with van der Waals surface area (Å²) >= 11 is 0. The van der Waals surface area contributed by atoms with Crippen molar-refractivity contribution in [3.05, 3.63) is 11.8 Å². The van der Waals surface area contributed by atoms with Gasteiger partial charge < -0.3 is 9.90 Å². The highest BCUT2D eigenvalue weighted by molar-refractivity contribution is 5.88. The van der Waals surface area contributed by atoms with Crippen LogP contribution >= 0.6 is 0 Å². The van der Waals surface area contributed by atoms with Gasteiger partial charge in [0, 0.05) is 18.3 Å². The first-order valence-electron chi connectivity index (χ1n) is 7.67. The van der Waals surface area contributed by atoms with E-state index >= 15 is 0 Å². The molecule has 20 heavy (non-hydrogen) atoms. The summed E-state index contributed by atoms with van der Waals surface area (Å²) in [5.74, 6) is 0.880. The van der Waals surface area contributed by atoms with Crippen LogP contribution < -0.4 is 5.11 Å². The van der Waals surface area contributed by atoms with Gasteiger partial charge in [-0.05, 0) is 49.9 Å². The number of hydrogen-bond donors (Lipinski definition) is 0. The van der Waals surface area contributed by atoms with Gasteiger partial charge in [-0.25, -0.2) is 0 Å². The second kappa shape index (κ2) is 5.34. The van der Waals surface area contributed by atoms with Gasteiger partial charge in [0.1, 0.15) is 12.1 Å².